The molecule has 102 valence electrons. The van der Waals surface area contributed by atoms with Gasteiger partial charge in [-0.1, -0.05) is 24.3 Å². The number of aryl methyl sites for hydroxylation is 1. The van der Waals surface area contributed by atoms with E-state index < -0.39 is 0 Å². The maximum Gasteiger partial charge on any atom is 0.119 e. The molecule has 0 saturated heterocycles. The first-order valence-electron chi connectivity index (χ1n) is 6.55. The second-order valence-electron chi connectivity index (χ2n) is 4.47. The van der Waals surface area contributed by atoms with Crippen molar-refractivity contribution in [3.8, 4) is 11.8 Å². The van der Waals surface area contributed by atoms with Gasteiger partial charge >= 0.3 is 0 Å². The smallest absolute Gasteiger partial charge is 0.119 e. The summed E-state index contributed by atoms with van der Waals surface area (Å²) in [7, 11) is 0. The molecule has 20 heavy (non-hydrogen) atoms. The molecule has 0 aliphatic rings. The van der Waals surface area contributed by atoms with Crippen LogP contribution in [0.2, 0.25) is 0 Å². The third-order valence-corrected chi connectivity index (χ3v) is 2.97. The molecule has 0 radical (unpaired) electrons. The summed E-state index contributed by atoms with van der Waals surface area (Å²) in [6.07, 6.45) is 0. The zero-order valence-electron chi connectivity index (χ0n) is 11.5. The zero-order valence-corrected chi connectivity index (χ0v) is 11.5. The van der Waals surface area contributed by atoms with Gasteiger partial charge in [0.2, 0.25) is 0 Å². The van der Waals surface area contributed by atoms with Crippen LogP contribution >= 0.6 is 0 Å². The van der Waals surface area contributed by atoms with Gasteiger partial charge in [0.1, 0.15) is 12.4 Å². The summed E-state index contributed by atoms with van der Waals surface area (Å²) in [4.78, 5) is 0. The predicted octanol–water partition coefficient (Wildman–Crippen LogP) is 3.46. The van der Waals surface area contributed by atoms with Crippen molar-refractivity contribution < 1.29 is 9.47 Å². The molecule has 0 fully saturated rings. The Morgan fingerprint density at radius 1 is 1.05 bits per heavy atom. The fourth-order valence-corrected chi connectivity index (χ4v) is 1.84. The third kappa shape index (κ3) is 4.11. The van der Waals surface area contributed by atoms with Gasteiger partial charge in [0, 0.05) is 0 Å². The molecule has 0 unspecified atom stereocenters. The van der Waals surface area contributed by atoms with Gasteiger partial charge in [-0.15, -0.1) is 0 Å². The molecule has 2 rings (SSSR count). The van der Waals surface area contributed by atoms with Crippen LogP contribution in [-0.4, -0.2) is 13.2 Å². The van der Waals surface area contributed by atoms with Crippen LogP contribution < -0.4 is 4.74 Å². The van der Waals surface area contributed by atoms with Gasteiger partial charge in [0.05, 0.1) is 24.8 Å². The largest absolute Gasteiger partial charge is 0.491 e. The first-order valence-corrected chi connectivity index (χ1v) is 6.55. The third-order valence-electron chi connectivity index (χ3n) is 2.97. The highest BCUT2D eigenvalue weighted by Crippen LogP contribution is 2.12. The number of nitriles is 1. The van der Waals surface area contributed by atoms with Gasteiger partial charge in [-0.05, 0) is 42.3 Å². The first-order chi connectivity index (χ1) is 9.79. The number of hydrogen-bond donors (Lipinski definition) is 0. The highest BCUT2D eigenvalue weighted by atomic mass is 16.5. The van der Waals surface area contributed by atoms with E-state index in [4.69, 9.17) is 14.7 Å². The monoisotopic (exact) mass is 267 g/mol. The Kier molecular flexibility index (Phi) is 5.16. The molecule has 2 aromatic rings. The van der Waals surface area contributed by atoms with Crippen LogP contribution in [0.25, 0.3) is 0 Å². The molecule has 3 nitrogen and oxygen atoms in total. The van der Waals surface area contributed by atoms with Crippen molar-refractivity contribution in [3.63, 3.8) is 0 Å². The molecular weight excluding hydrogens is 250 g/mol. The van der Waals surface area contributed by atoms with E-state index in [9.17, 15) is 0 Å². The maximum atomic E-state index is 8.81. The maximum absolute atomic E-state index is 8.81. The summed E-state index contributed by atoms with van der Waals surface area (Å²) in [5, 5.41) is 8.81. The predicted molar refractivity (Wildman–Crippen MR) is 77.5 cm³/mol. The number of hydrogen-bond acceptors (Lipinski definition) is 3. The molecule has 0 aliphatic heterocycles. The molecule has 0 atom stereocenters. The average Bonchev–Trinajstić information content (AvgIpc) is 2.49. The van der Waals surface area contributed by atoms with Crippen LogP contribution in [0.1, 0.15) is 16.7 Å². The molecule has 0 bridgehead atoms. The van der Waals surface area contributed by atoms with Crippen LogP contribution in [-0.2, 0) is 11.3 Å². The summed E-state index contributed by atoms with van der Waals surface area (Å²) in [5.41, 5.74) is 2.86. The zero-order chi connectivity index (χ0) is 14.2. The molecule has 0 N–H and O–H groups in total. The number of nitrogens with zero attached hydrogens (tertiary/aromatic N) is 1. The number of rotatable bonds is 6. The Morgan fingerprint density at radius 2 is 1.85 bits per heavy atom. The molecule has 2 aromatic carbocycles. The standard InChI is InChI=1S/C17H17NO2/c1-14-11-15(12-18)7-8-16(14)13-19-9-10-20-17-5-3-2-4-6-17/h2-8,11H,9-10,13H2,1H3. The molecule has 0 spiro atoms. The fraction of sp³-hybridized carbons (Fsp3) is 0.235. The van der Waals surface area contributed by atoms with Crippen molar-refractivity contribution in [2.75, 3.05) is 13.2 Å². The van der Waals surface area contributed by atoms with E-state index in [0.29, 0.717) is 25.4 Å². The first kappa shape index (κ1) is 14.1. The minimum Gasteiger partial charge on any atom is -0.491 e. The van der Waals surface area contributed by atoms with Gasteiger partial charge in [-0.3, -0.25) is 0 Å². The second kappa shape index (κ2) is 7.32. The van der Waals surface area contributed by atoms with E-state index in [0.717, 1.165) is 16.9 Å². The topological polar surface area (TPSA) is 42.2 Å². The molecule has 0 amide bonds. The summed E-state index contributed by atoms with van der Waals surface area (Å²) < 4.78 is 11.1. The fourth-order valence-electron chi connectivity index (χ4n) is 1.84. The van der Waals surface area contributed by atoms with Crippen LogP contribution in [0.3, 0.4) is 0 Å². The van der Waals surface area contributed by atoms with E-state index in [-0.39, 0.29) is 0 Å². The summed E-state index contributed by atoms with van der Waals surface area (Å²) in [6, 6.07) is 17.4. The Hall–Kier alpha value is -2.31. The summed E-state index contributed by atoms with van der Waals surface area (Å²) >= 11 is 0. The molecular formula is C17H17NO2. The lowest BCUT2D eigenvalue weighted by molar-refractivity contribution is 0.0886. The molecule has 0 aromatic heterocycles. The van der Waals surface area contributed by atoms with Gasteiger partial charge in [-0.2, -0.15) is 5.26 Å². The quantitative estimate of drug-likeness (QED) is 0.753. The van der Waals surface area contributed by atoms with Crippen molar-refractivity contribution in [2.24, 2.45) is 0 Å². The molecule has 0 heterocycles. The minimum atomic E-state index is 0.527. The lowest BCUT2D eigenvalue weighted by Gasteiger charge is -2.09. The highest BCUT2D eigenvalue weighted by Gasteiger charge is 2.00. The second-order valence-corrected chi connectivity index (χ2v) is 4.47. The Bertz CT molecular complexity index is 588. The van der Waals surface area contributed by atoms with E-state index in [1.807, 2.05) is 55.5 Å². The van der Waals surface area contributed by atoms with Crippen molar-refractivity contribution in [1.29, 1.82) is 5.26 Å². The molecule has 0 saturated carbocycles. The lowest BCUT2D eigenvalue weighted by Crippen LogP contribution is -2.07. The summed E-state index contributed by atoms with van der Waals surface area (Å²) in [5.74, 6) is 0.852. The average molecular weight is 267 g/mol. The SMILES string of the molecule is Cc1cc(C#N)ccc1COCCOc1ccccc1. The Labute approximate surface area is 119 Å². The number of benzene rings is 2. The van der Waals surface area contributed by atoms with Gasteiger partial charge in [-0.25, -0.2) is 0 Å². The van der Waals surface area contributed by atoms with Gasteiger partial charge in [0.15, 0.2) is 0 Å². The lowest BCUT2D eigenvalue weighted by atomic mass is 10.1. The van der Waals surface area contributed by atoms with Crippen LogP contribution in [0, 0.1) is 18.3 Å². The van der Waals surface area contributed by atoms with E-state index >= 15 is 0 Å². The highest BCUT2D eigenvalue weighted by molar-refractivity contribution is 5.37. The minimum absolute atomic E-state index is 0.527. The van der Waals surface area contributed by atoms with Crippen LogP contribution in [0.5, 0.6) is 5.75 Å². The molecule has 0 aliphatic carbocycles. The van der Waals surface area contributed by atoms with E-state index in [1.54, 1.807) is 0 Å². The van der Waals surface area contributed by atoms with Crippen LogP contribution in [0.4, 0.5) is 0 Å². The van der Waals surface area contributed by atoms with Gasteiger partial charge in [0.25, 0.3) is 0 Å². The number of para-hydroxylation sites is 1. The Balaban J connectivity index is 1.72. The van der Waals surface area contributed by atoms with Crippen LogP contribution in [0.15, 0.2) is 48.5 Å². The van der Waals surface area contributed by atoms with Crippen molar-refractivity contribution in [1.82, 2.24) is 0 Å². The van der Waals surface area contributed by atoms with Crippen molar-refractivity contribution >= 4 is 0 Å². The van der Waals surface area contributed by atoms with Gasteiger partial charge < -0.3 is 9.47 Å². The van der Waals surface area contributed by atoms with E-state index in [1.165, 1.54) is 0 Å². The number of ether oxygens (including phenoxy) is 2. The van der Waals surface area contributed by atoms with E-state index in [2.05, 4.69) is 6.07 Å². The van der Waals surface area contributed by atoms with Crippen molar-refractivity contribution in [3.05, 3.63) is 65.2 Å². The van der Waals surface area contributed by atoms with Crippen molar-refractivity contribution in [2.45, 2.75) is 13.5 Å². The summed E-state index contributed by atoms with van der Waals surface area (Å²) in [6.45, 7) is 3.59. The molecule has 3 heteroatoms. The normalized spacial score (nSPS) is 10.0. The Morgan fingerprint density at radius 3 is 2.55 bits per heavy atom.